The Hall–Kier alpha value is -4.17. The highest BCUT2D eigenvalue weighted by molar-refractivity contribution is 5.95. The van der Waals surface area contributed by atoms with Gasteiger partial charge in [-0.25, -0.2) is 0 Å². The van der Waals surface area contributed by atoms with E-state index in [9.17, 15) is 4.79 Å². The van der Waals surface area contributed by atoms with Crippen molar-refractivity contribution in [1.29, 1.82) is 0 Å². The summed E-state index contributed by atoms with van der Waals surface area (Å²) in [5.41, 5.74) is 6.74. The van der Waals surface area contributed by atoms with E-state index < -0.39 is 0 Å². The average molecular weight is 605 g/mol. The predicted octanol–water partition coefficient (Wildman–Crippen LogP) is 5.69. The fourth-order valence-electron chi connectivity index (χ4n) is 5.97. The van der Waals surface area contributed by atoms with E-state index in [0.717, 1.165) is 64.2 Å². The van der Waals surface area contributed by atoms with Crippen molar-refractivity contribution in [3.8, 4) is 22.6 Å². The highest BCUT2D eigenvalue weighted by Gasteiger charge is 2.21. The Morgan fingerprint density at radius 2 is 1.47 bits per heavy atom. The van der Waals surface area contributed by atoms with Crippen LogP contribution >= 0.6 is 0 Å². The fourth-order valence-corrected chi connectivity index (χ4v) is 5.97. The van der Waals surface area contributed by atoms with E-state index in [4.69, 9.17) is 9.47 Å². The number of ether oxygens (including phenoxy) is 2. The minimum atomic E-state index is 0.0173. The molecule has 7 heteroatoms. The van der Waals surface area contributed by atoms with Gasteiger partial charge in [0.25, 0.3) is 5.91 Å². The van der Waals surface area contributed by atoms with Crippen LogP contribution < -0.4 is 14.8 Å². The second-order valence-electron chi connectivity index (χ2n) is 12.1. The lowest BCUT2D eigenvalue weighted by Crippen LogP contribution is -2.45. The number of fused-ring (bicyclic) bond motifs is 1. The lowest BCUT2D eigenvalue weighted by Gasteiger charge is -2.33. The van der Waals surface area contributed by atoms with E-state index >= 15 is 0 Å². The fraction of sp³-hybridized carbons (Fsp3) is 0.342. The number of nitrogens with zero attached hydrogens (tertiary/aromatic N) is 3. The molecule has 0 unspecified atom stereocenters. The number of likely N-dealkylation sites (N-methyl/N-ethyl adjacent to an activating group) is 1. The number of carbonyl (C=O) groups excluding carboxylic acids is 1. The highest BCUT2D eigenvalue weighted by atomic mass is 16.7. The minimum absolute atomic E-state index is 0.0173. The normalized spacial score (nSPS) is 14.9. The van der Waals surface area contributed by atoms with Crippen LogP contribution in [0.3, 0.4) is 0 Å². The highest BCUT2D eigenvalue weighted by Crippen LogP contribution is 2.33. The molecule has 7 nitrogen and oxygen atoms in total. The van der Waals surface area contributed by atoms with Gasteiger partial charge in [0.1, 0.15) is 0 Å². The van der Waals surface area contributed by atoms with Crippen molar-refractivity contribution in [2.24, 2.45) is 0 Å². The van der Waals surface area contributed by atoms with Crippen molar-refractivity contribution in [3.63, 3.8) is 0 Å². The third-order valence-electron chi connectivity index (χ3n) is 8.78. The maximum absolute atomic E-state index is 13.8. The summed E-state index contributed by atoms with van der Waals surface area (Å²) in [5.74, 6) is 1.34. The Bertz CT molecular complexity index is 1520. The van der Waals surface area contributed by atoms with Gasteiger partial charge < -0.3 is 29.5 Å². The summed E-state index contributed by atoms with van der Waals surface area (Å²) in [6, 6.07) is 33.5. The zero-order valence-corrected chi connectivity index (χ0v) is 26.3. The standard InChI is InChI=1S/C38H44N4O3/c1-40-22-24-41(25-23-40)20-5-21-42(38(43)35-16-17-36-37(26-35)45-29-44-36)28-32-10-14-34(15-11-32)33-12-8-31(9-13-33)27-39-19-18-30-6-3-2-4-7-30/h2-4,6-17,26,39H,5,18-25,27-29H2,1H3. The Balaban J connectivity index is 1.06. The van der Waals surface area contributed by atoms with Crippen LogP contribution in [-0.4, -0.2) is 80.3 Å². The van der Waals surface area contributed by atoms with Gasteiger partial charge in [-0.15, -0.1) is 0 Å². The van der Waals surface area contributed by atoms with E-state index in [1.807, 2.05) is 23.1 Å². The van der Waals surface area contributed by atoms with E-state index in [-0.39, 0.29) is 12.7 Å². The van der Waals surface area contributed by atoms with Gasteiger partial charge >= 0.3 is 0 Å². The third kappa shape index (κ3) is 8.51. The van der Waals surface area contributed by atoms with Crippen LogP contribution in [0.4, 0.5) is 0 Å². The molecule has 1 N–H and O–H groups in total. The monoisotopic (exact) mass is 604 g/mol. The van der Waals surface area contributed by atoms with E-state index in [2.05, 4.69) is 101 Å². The molecule has 0 saturated carbocycles. The first-order valence-electron chi connectivity index (χ1n) is 16.1. The van der Waals surface area contributed by atoms with Gasteiger partial charge in [0, 0.05) is 51.4 Å². The van der Waals surface area contributed by atoms with Gasteiger partial charge in [-0.05, 0) is 79.0 Å². The number of rotatable bonds is 13. The van der Waals surface area contributed by atoms with Gasteiger partial charge in [-0.3, -0.25) is 4.79 Å². The Labute approximate surface area is 267 Å². The van der Waals surface area contributed by atoms with Crippen molar-refractivity contribution < 1.29 is 14.3 Å². The first-order chi connectivity index (χ1) is 22.1. The largest absolute Gasteiger partial charge is 0.454 e. The number of carbonyl (C=O) groups is 1. The van der Waals surface area contributed by atoms with Crippen molar-refractivity contribution in [2.75, 3.05) is 59.7 Å². The van der Waals surface area contributed by atoms with E-state index in [0.29, 0.717) is 30.2 Å². The van der Waals surface area contributed by atoms with Crippen LogP contribution in [0.1, 0.15) is 33.5 Å². The number of amides is 1. The Morgan fingerprint density at radius 3 is 2.20 bits per heavy atom. The number of piperazine rings is 1. The second kappa shape index (κ2) is 15.2. The van der Waals surface area contributed by atoms with Gasteiger partial charge in [0.2, 0.25) is 6.79 Å². The lowest BCUT2D eigenvalue weighted by molar-refractivity contribution is 0.0728. The predicted molar refractivity (Wildman–Crippen MR) is 180 cm³/mol. The maximum Gasteiger partial charge on any atom is 0.254 e. The summed E-state index contributed by atoms with van der Waals surface area (Å²) in [6.07, 6.45) is 1.97. The lowest BCUT2D eigenvalue weighted by atomic mass is 10.0. The minimum Gasteiger partial charge on any atom is -0.454 e. The summed E-state index contributed by atoms with van der Waals surface area (Å²) in [7, 11) is 2.18. The number of hydrogen-bond acceptors (Lipinski definition) is 6. The topological polar surface area (TPSA) is 57.3 Å². The van der Waals surface area contributed by atoms with Crippen LogP contribution in [-0.2, 0) is 19.5 Å². The van der Waals surface area contributed by atoms with E-state index in [1.54, 1.807) is 0 Å². The van der Waals surface area contributed by atoms with Crippen molar-refractivity contribution in [1.82, 2.24) is 20.0 Å². The first kappa shape index (κ1) is 30.8. The SMILES string of the molecule is CN1CCN(CCCN(Cc2ccc(-c3ccc(CNCCc4ccccc4)cc3)cc2)C(=O)c2ccc3c(c2)OCO3)CC1. The molecular weight excluding hydrogens is 560 g/mol. The number of nitrogens with one attached hydrogen (secondary N) is 1. The van der Waals surface area contributed by atoms with Crippen LogP contribution in [0.15, 0.2) is 97.1 Å². The average Bonchev–Trinajstić information content (AvgIpc) is 3.56. The summed E-state index contributed by atoms with van der Waals surface area (Å²) in [6.45, 7) is 8.62. The second-order valence-corrected chi connectivity index (χ2v) is 12.1. The van der Waals surface area contributed by atoms with Gasteiger partial charge in [0.05, 0.1) is 0 Å². The molecule has 45 heavy (non-hydrogen) atoms. The van der Waals surface area contributed by atoms with Gasteiger partial charge in [0.15, 0.2) is 11.5 Å². The molecule has 1 saturated heterocycles. The van der Waals surface area contributed by atoms with Gasteiger partial charge in [-0.2, -0.15) is 0 Å². The molecule has 0 atom stereocenters. The van der Waals surface area contributed by atoms with Crippen LogP contribution in [0.25, 0.3) is 11.1 Å². The quantitative estimate of drug-likeness (QED) is 0.198. The van der Waals surface area contributed by atoms with Crippen LogP contribution in [0.2, 0.25) is 0 Å². The molecule has 2 aliphatic heterocycles. The van der Waals surface area contributed by atoms with Crippen LogP contribution in [0, 0.1) is 0 Å². The molecule has 0 radical (unpaired) electrons. The van der Waals surface area contributed by atoms with Gasteiger partial charge in [-0.1, -0.05) is 78.9 Å². The summed E-state index contributed by atoms with van der Waals surface area (Å²) < 4.78 is 11.0. The molecule has 234 valence electrons. The molecule has 0 aliphatic carbocycles. The Morgan fingerprint density at radius 1 is 0.778 bits per heavy atom. The van der Waals surface area contributed by atoms with Crippen molar-refractivity contribution in [3.05, 3.63) is 119 Å². The molecule has 2 aliphatic rings. The molecule has 1 amide bonds. The third-order valence-corrected chi connectivity index (χ3v) is 8.78. The zero-order valence-electron chi connectivity index (χ0n) is 26.3. The van der Waals surface area contributed by atoms with Crippen molar-refractivity contribution in [2.45, 2.75) is 25.9 Å². The first-order valence-corrected chi connectivity index (χ1v) is 16.1. The maximum atomic E-state index is 13.8. The van der Waals surface area contributed by atoms with Crippen molar-refractivity contribution >= 4 is 5.91 Å². The molecule has 6 rings (SSSR count). The summed E-state index contributed by atoms with van der Waals surface area (Å²) >= 11 is 0. The Kier molecular flexibility index (Phi) is 10.4. The number of benzene rings is 4. The zero-order chi connectivity index (χ0) is 30.8. The smallest absolute Gasteiger partial charge is 0.254 e. The van der Waals surface area contributed by atoms with E-state index in [1.165, 1.54) is 22.3 Å². The molecular formula is C38H44N4O3. The molecule has 0 spiro atoms. The van der Waals surface area contributed by atoms with Crippen LogP contribution in [0.5, 0.6) is 11.5 Å². The molecule has 1 fully saturated rings. The summed E-state index contributed by atoms with van der Waals surface area (Å²) in [4.78, 5) is 20.6. The number of hydrogen-bond donors (Lipinski definition) is 1. The molecule has 2 heterocycles. The summed E-state index contributed by atoms with van der Waals surface area (Å²) in [5, 5.41) is 3.55. The molecule has 4 aromatic rings. The molecule has 0 aromatic heterocycles. The molecule has 0 bridgehead atoms. The molecule has 4 aromatic carbocycles.